The van der Waals surface area contributed by atoms with E-state index in [-0.39, 0.29) is 23.8 Å². The molecule has 0 aliphatic heterocycles. The Morgan fingerprint density at radius 2 is 1.81 bits per heavy atom. The molecule has 0 atom stereocenters. The van der Waals surface area contributed by atoms with Gasteiger partial charge in [0.05, 0.1) is 17.9 Å². The number of nitrogens with one attached hydrogen (secondary N) is 1. The number of carbonyl (C=O) groups excluding carboxylic acids is 1. The van der Waals surface area contributed by atoms with E-state index in [0.717, 1.165) is 6.07 Å². The van der Waals surface area contributed by atoms with Gasteiger partial charge in [-0.15, -0.1) is 5.10 Å². The molecular formula is C17H13ClFN3O4S. The molecule has 0 fully saturated rings. The summed E-state index contributed by atoms with van der Waals surface area (Å²) in [7, 11) is -3.86. The van der Waals surface area contributed by atoms with Crippen molar-refractivity contribution >= 4 is 27.3 Å². The number of sulfone groups is 1. The topological polar surface area (TPSA) is 102 Å². The molecule has 1 N–H and O–H groups in total. The van der Waals surface area contributed by atoms with Crippen LogP contribution in [-0.2, 0) is 22.1 Å². The first-order valence-corrected chi connectivity index (χ1v) is 9.70. The third-order valence-electron chi connectivity index (χ3n) is 3.50. The Balaban J connectivity index is 1.66. The third kappa shape index (κ3) is 4.69. The van der Waals surface area contributed by atoms with Crippen LogP contribution in [0.1, 0.15) is 21.8 Å². The van der Waals surface area contributed by atoms with E-state index < -0.39 is 26.8 Å². The van der Waals surface area contributed by atoms with Gasteiger partial charge in [-0.2, -0.15) is 0 Å². The lowest BCUT2D eigenvalue weighted by atomic mass is 10.2. The molecule has 0 unspecified atom stereocenters. The van der Waals surface area contributed by atoms with Crippen LogP contribution in [0.5, 0.6) is 0 Å². The second-order valence-corrected chi connectivity index (χ2v) is 7.81. The molecule has 140 valence electrons. The average Bonchev–Trinajstić information content (AvgIpc) is 3.12. The van der Waals surface area contributed by atoms with E-state index in [1.54, 1.807) is 24.3 Å². The lowest BCUT2D eigenvalue weighted by Crippen LogP contribution is -2.23. The molecule has 1 aromatic heterocycles. The Labute approximate surface area is 159 Å². The smallest absolute Gasteiger partial charge is 0.335 e. The van der Waals surface area contributed by atoms with Crippen LogP contribution in [0.4, 0.5) is 4.39 Å². The Hall–Kier alpha value is -2.78. The minimum Gasteiger partial charge on any atom is -0.411 e. The van der Waals surface area contributed by atoms with Crippen LogP contribution in [0.3, 0.4) is 0 Å². The summed E-state index contributed by atoms with van der Waals surface area (Å²) in [6.07, 6.45) is 0. The van der Waals surface area contributed by atoms with Gasteiger partial charge in [0, 0.05) is 5.02 Å². The van der Waals surface area contributed by atoms with Gasteiger partial charge in [0.1, 0.15) is 5.82 Å². The van der Waals surface area contributed by atoms with E-state index in [9.17, 15) is 17.6 Å². The number of nitrogens with zero attached hydrogens (tertiary/aromatic N) is 2. The van der Waals surface area contributed by atoms with Gasteiger partial charge in [0.2, 0.25) is 15.7 Å². The van der Waals surface area contributed by atoms with E-state index in [2.05, 4.69) is 15.5 Å². The molecule has 0 spiro atoms. The van der Waals surface area contributed by atoms with Crippen molar-refractivity contribution in [1.82, 2.24) is 15.5 Å². The van der Waals surface area contributed by atoms with Gasteiger partial charge in [-0.25, -0.2) is 12.8 Å². The Kier molecular flexibility index (Phi) is 5.52. The molecule has 0 saturated heterocycles. The van der Waals surface area contributed by atoms with Crippen LogP contribution in [0, 0.1) is 5.82 Å². The molecule has 3 aromatic rings. The maximum Gasteiger partial charge on any atom is 0.335 e. The van der Waals surface area contributed by atoms with Crippen LogP contribution in [0.25, 0.3) is 0 Å². The van der Waals surface area contributed by atoms with Crippen molar-refractivity contribution in [2.45, 2.75) is 17.5 Å². The molecule has 2 aromatic carbocycles. The molecule has 10 heteroatoms. The van der Waals surface area contributed by atoms with E-state index >= 15 is 0 Å². The number of hydrogen-bond acceptors (Lipinski definition) is 6. The first kappa shape index (κ1) is 19.0. The molecule has 0 radical (unpaired) electrons. The molecule has 0 saturated carbocycles. The van der Waals surface area contributed by atoms with Gasteiger partial charge >= 0.3 is 5.22 Å². The summed E-state index contributed by atoms with van der Waals surface area (Å²) in [5, 5.41) is 9.43. The summed E-state index contributed by atoms with van der Waals surface area (Å²) in [4.78, 5) is 11.9. The highest BCUT2D eigenvalue weighted by atomic mass is 35.5. The van der Waals surface area contributed by atoms with Gasteiger partial charge in [-0.3, -0.25) is 4.79 Å². The van der Waals surface area contributed by atoms with Crippen molar-refractivity contribution in [2.24, 2.45) is 0 Å². The zero-order valence-corrected chi connectivity index (χ0v) is 15.3. The van der Waals surface area contributed by atoms with Crippen molar-refractivity contribution in [1.29, 1.82) is 0 Å². The first-order chi connectivity index (χ1) is 12.8. The number of halogens is 2. The van der Waals surface area contributed by atoms with Crippen molar-refractivity contribution in [2.75, 3.05) is 0 Å². The molecule has 27 heavy (non-hydrogen) atoms. The van der Waals surface area contributed by atoms with Crippen LogP contribution < -0.4 is 5.32 Å². The molecule has 0 aliphatic rings. The molecule has 1 amide bonds. The summed E-state index contributed by atoms with van der Waals surface area (Å²) in [5.41, 5.74) is 0.361. The number of hydrogen-bond donors (Lipinski definition) is 1. The second kappa shape index (κ2) is 7.85. The van der Waals surface area contributed by atoms with Crippen LogP contribution in [-0.4, -0.2) is 24.5 Å². The molecule has 1 heterocycles. The fraction of sp³-hybridized carbons (Fsp3) is 0.118. The zero-order chi connectivity index (χ0) is 19.4. The summed E-state index contributed by atoms with van der Waals surface area (Å²) < 4.78 is 43.4. The van der Waals surface area contributed by atoms with Crippen molar-refractivity contribution < 1.29 is 22.0 Å². The standard InChI is InChI=1S/C17H13ClFN3O4S/c18-12-7-5-11(6-8-12)10-27(24,25)17-22-21-15(26-17)9-20-16(23)13-3-1-2-4-14(13)19/h1-8H,9-10H2,(H,20,23). The van der Waals surface area contributed by atoms with E-state index in [0.29, 0.717) is 10.6 Å². The number of aromatic nitrogens is 2. The first-order valence-electron chi connectivity index (χ1n) is 7.67. The quantitative estimate of drug-likeness (QED) is 0.671. The number of benzene rings is 2. The second-order valence-electron chi connectivity index (χ2n) is 5.51. The SMILES string of the molecule is O=C(NCc1nnc(S(=O)(=O)Cc2ccc(Cl)cc2)o1)c1ccccc1F. The van der Waals surface area contributed by atoms with E-state index in [1.165, 1.54) is 18.2 Å². The van der Waals surface area contributed by atoms with E-state index in [4.69, 9.17) is 16.0 Å². The summed E-state index contributed by atoms with van der Waals surface area (Å²) in [6, 6.07) is 11.8. The van der Waals surface area contributed by atoms with E-state index in [1.807, 2.05) is 0 Å². The summed E-state index contributed by atoms with van der Waals surface area (Å²) in [6.45, 7) is -0.239. The third-order valence-corrected chi connectivity index (χ3v) is 5.17. The monoisotopic (exact) mass is 409 g/mol. The van der Waals surface area contributed by atoms with Gasteiger partial charge in [-0.05, 0) is 29.8 Å². The largest absolute Gasteiger partial charge is 0.411 e. The lowest BCUT2D eigenvalue weighted by molar-refractivity contribution is 0.0942. The van der Waals surface area contributed by atoms with Crippen LogP contribution in [0.2, 0.25) is 5.02 Å². The van der Waals surface area contributed by atoms with Gasteiger partial charge in [-0.1, -0.05) is 41.0 Å². The number of rotatable bonds is 6. The Morgan fingerprint density at radius 1 is 1.11 bits per heavy atom. The maximum atomic E-state index is 13.6. The fourth-order valence-corrected chi connectivity index (χ4v) is 3.46. The molecular weight excluding hydrogens is 397 g/mol. The van der Waals surface area contributed by atoms with Gasteiger partial charge < -0.3 is 9.73 Å². The minimum absolute atomic E-state index is 0.116. The van der Waals surface area contributed by atoms with Gasteiger partial charge in [0.25, 0.3) is 5.91 Å². The average molecular weight is 410 g/mol. The summed E-state index contributed by atoms with van der Waals surface area (Å²) in [5.74, 6) is -1.81. The highest BCUT2D eigenvalue weighted by molar-refractivity contribution is 7.90. The van der Waals surface area contributed by atoms with Crippen LogP contribution >= 0.6 is 11.6 Å². The number of carbonyl (C=O) groups is 1. The zero-order valence-electron chi connectivity index (χ0n) is 13.7. The molecule has 0 aliphatic carbocycles. The minimum atomic E-state index is -3.86. The van der Waals surface area contributed by atoms with Crippen molar-refractivity contribution in [3.8, 4) is 0 Å². The highest BCUT2D eigenvalue weighted by Gasteiger charge is 2.23. The number of amides is 1. The van der Waals surface area contributed by atoms with Gasteiger partial charge in [0.15, 0.2) is 0 Å². The molecule has 3 rings (SSSR count). The maximum absolute atomic E-state index is 13.6. The highest BCUT2D eigenvalue weighted by Crippen LogP contribution is 2.17. The normalized spacial score (nSPS) is 11.3. The Bertz CT molecular complexity index is 1070. The molecule has 0 bridgehead atoms. The fourth-order valence-electron chi connectivity index (χ4n) is 2.19. The Morgan fingerprint density at radius 3 is 2.52 bits per heavy atom. The van der Waals surface area contributed by atoms with Crippen molar-refractivity contribution in [3.05, 3.63) is 76.4 Å². The van der Waals surface area contributed by atoms with Crippen molar-refractivity contribution in [3.63, 3.8) is 0 Å². The predicted molar refractivity (Wildman–Crippen MR) is 94.2 cm³/mol. The predicted octanol–water partition coefficient (Wildman–Crippen LogP) is 2.77. The van der Waals surface area contributed by atoms with Crippen LogP contribution in [0.15, 0.2) is 58.2 Å². The molecule has 7 nitrogen and oxygen atoms in total. The lowest BCUT2D eigenvalue weighted by Gasteiger charge is -2.03. The summed E-state index contributed by atoms with van der Waals surface area (Å²) >= 11 is 5.77.